The van der Waals surface area contributed by atoms with E-state index in [1.165, 1.54) is 17.7 Å². The van der Waals surface area contributed by atoms with Crippen LogP contribution in [0.5, 0.6) is 0 Å². The van der Waals surface area contributed by atoms with Crippen molar-refractivity contribution in [1.29, 1.82) is 0 Å². The molecule has 0 radical (unpaired) electrons. The van der Waals surface area contributed by atoms with Crippen LogP contribution >= 0.6 is 0 Å². The van der Waals surface area contributed by atoms with E-state index in [1.807, 2.05) is 16.8 Å². The van der Waals surface area contributed by atoms with Gasteiger partial charge in [-0.05, 0) is 36.6 Å². The normalized spacial score (nSPS) is 17.3. The van der Waals surface area contributed by atoms with Crippen molar-refractivity contribution < 1.29 is 13.8 Å². The molecule has 3 nitrogen and oxygen atoms in total. The van der Waals surface area contributed by atoms with Gasteiger partial charge in [-0.15, -0.1) is 0 Å². The van der Waals surface area contributed by atoms with Crippen molar-refractivity contribution in [3.63, 3.8) is 0 Å². The van der Waals surface area contributed by atoms with Crippen LogP contribution in [0.15, 0.2) is 79.3 Å². The van der Waals surface area contributed by atoms with E-state index >= 15 is 0 Å². The molecule has 0 saturated heterocycles. The molecule has 2 aromatic carbocycles. The zero-order valence-electron chi connectivity index (χ0n) is 16.3. The van der Waals surface area contributed by atoms with Crippen LogP contribution in [0.4, 0.5) is 4.39 Å². The van der Waals surface area contributed by atoms with Crippen molar-refractivity contribution in [2.45, 2.75) is 31.8 Å². The molecule has 0 bridgehead atoms. The number of carbonyl (C=O) groups excluding carboxylic acids is 1. The number of pyridine rings is 1. The van der Waals surface area contributed by atoms with Crippen LogP contribution in [0.3, 0.4) is 0 Å². The average molecular weight is 385 g/mol. The Kier molecular flexibility index (Phi) is 4.27. The van der Waals surface area contributed by atoms with Gasteiger partial charge >= 0.3 is 0 Å². The van der Waals surface area contributed by atoms with Gasteiger partial charge in [-0.25, -0.2) is 4.39 Å². The molecule has 2 heterocycles. The first kappa shape index (κ1) is 17.8. The molecular formula is C25H22FN2O+. The molecule has 0 fully saturated rings. The number of ketones is 1. The predicted molar refractivity (Wildman–Crippen MR) is 110 cm³/mol. The van der Waals surface area contributed by atoms with Gasteiger partial charge in [-0.2, -0.15) is 4.57 Å². The van der Waals surface area contributed by atoms with E-state index in [-0.39, 0.29) is 23.7 Å². The van der Waals surface area contributed by atoms with Gasteiger partial charge in [0.2, 0.25) is 0 Å². The molecule has 5 rings (SSSR count). The lowest BCUT2D eigenvalue weighted by molar-refractivity contribution is -0.709. The van der Waals surface area contributed by atoms with E-state index in [0.717, 1.165) is 29.3 Å². The van der Waals surface area contributed by atoms with Crippen molar-refractivity contribution in [2.24, 2.45) is 0 Å². The highest BCUT2D eigenvalue weighted by molar-refractivity contribution is 6.02. The smallest absolute Gasteiger partial charge is 0.185 e. The standard InChI is InChI=1S/C25H22FN2O/c1-17(18-5-3-2-4-6-18)27-13-12-23-20(16-27)11-14-28(23)24-10-8-19-7-9-21(26)15-22(19)25(24)29/h2-7,9,11-17,24H,8,10H2,1H3/q+1. The first-order chi connectivity index (χ1) is 14.1. The third-order valence-corrected chi connectivity index (χ3v) is 6.07. The Morgan fingerprint density at radius 1 is 1.10 bits per heavy atom. The monoisotopic (exact) mass is 385 g/mol. The Hall–Kier alpha value is -3.27. The van der Waals surface area contributed by atoms with E-state index in [2.05, 4.69) is 60.3 Å². The van der Waals surface area contributed by atoms with Crippen molar-refractivity contribution in [3.8, 4) is 0 Å². The van der Waals surface area contributed by atoms with Crippen LogP contribution in [-0.4, -0.2) is 10.4 Å². The Bertz CT molecular complexity index is 1210. The minimum absolute atomic E-state index is 0.00219. The Morgan fingerprint density at radius 3 is 2.76 bits per heavy atom. The molecule has 2 atom stereocenters. The summed E-state index contributed by atoms with van der Waals surface area (Å²) in [6.45, 7) is 2.17. The lowest BCUT2D eigenvalue weighted by atomic mass is 9.87. The Labute approximate surface area is 169 Å². The van der Waals surface area contributed by atoms with Crippen LogP contribution in [-0.2, 0) is 6.42 Å². The molecule has 0 aliphatic heterocycles. The second kappa shape index (κ2) is 6.96. The van der Waals surface area contributed by atoms with Gasteiger partial charge in [-0.1, -0.05) is 36.4 Å². The first-order valence-corrected chi connectivity index (χ1v) is 10.0. The number of benzene rings is 2. The van der Waals surface area contributed by atoms with Gasteiger partial charge in [0.05, 0.1) is 16.9 Å². The molecule has 0 amide bonds. The van der Waals surface area contributed by atoms with Gasteiger partial charge in [0.15, 0.2) is 24.2 Å². The van der Waals surface area contributed by atoms with Gasteiger partial charge in [0, 0.05) is 30.3 Å². The molecule has 2 unspecified atom stereocenters. The zero-order chi connectivity index (χ0) is 20.0. The van der Waals surface area contributed by atoms with Crippen LogP contribution in [0, 0.1) is 5.82 Å². The van der Waals surface area contributed by atoms with Gasteiger partial charge in [0.25, 0.3) is 0 Å². The number of halogens is 1. The molecular weight excluding hydrogens is 363 g/mol. The molecule has 0 saturated carbocycles. The fraction of sp³-hybridized carbons (Fsp3) is 0.200. The van der Waals surface area contributed by atoms with E-state index in [4.69, 9.17) is 0 Å². The topological polar surface area (TPSA) is 25.9 Å². The van der Waals surface area contributed by atoms with Crippen molar-refractivity contribution in [3.05, 3.63) is 102 Å². The second-order valence-corrected chi connectivity index (χ2v) is 7.76. The fourth-order valence-electron chi connectivity index (χ4n) is 4.41. The lowest BCUT2D eigenvalue weighted by Gasteiger charge is -2.25. The van der Waals surface area contributed by atoms with Crippen LogP contribution in [0.25, 0.3) is 10.9 Å². The summed E-state index contributed by atoms with van der Waals surface area (Å²) in [6.07, 6.45) is 7.69. The molecule has 0 spiro atoms. The molecule has 2 aromatic heterocycles. The maximum Gasteiger partial charge on any atom is 0.185 e. The van der Waals surface area contributed by atoms with Crippen LogP contribution in [0.2, 0.25) is 0 Å². The number of Topliss-reactive ketones (excluding diaryl/α,β-unsaturated/α-hetero) is 1. The van der Waals surface area contributed by atoms with Gasteiger partial charge < -0.3 is 4.57 Å². The molecule has 1 aliphatic carbocycles. The number of nitrogens with zero attached hydrogens (tertiary/aromatic N) is 2. The average Bonchev–Trinajstić information content (AvgIpc) is 3.17. The van der Waals surface area contributed by atoms with Crippen molar-refractivity contribution >= 4 is 16.7 Å². The maximum absolute atomic E-state index is 13.7. The lowest BCUT2D eigenvalue weighted by Crippen LogP contribution is -2.37. The highest BCUT2D eigenvalue weighted by atomic mass is 19.1. The van der Waals surface area contributed by atoms with Gasteiger partial charge in [0.1, 0.15) is 5.82 Å². The van der Waals surface area contributed by atoms with Crippen LogP contribution < -0.4 is 4.57 Å². The van der Waals surface area contributed by atoms with E-state index in [1.54, 1.807) is 6.07 Å². The van der Waals surface area contributed by atoms with Gasteiger partial charge in [-0.3, -0.25) is 4.79 Å². The minimum Gasteiger partial charge on any atom is -0.336 e. The maximum atomic E-state index is 13.7. The van der Waals surface area contributed by atoms with Crippen LogP contribution in [0.1, 0.15) is 46.9 Å². The van der Waals surface area contributed by atoms with Crippen molar-refractivity contribution in [1.82, 2.24) is 4.57 Å². The summed E-state index contributed by atoms with van der Waals surface area (Å²) in [4.78, 5) is 13.1. The number of carbonyl (C=O) groups is 1. The molecule has 4 aromatic rings. The third kappa shape index (κ3) is 3.05. The highest BCUT2D eigenvalue weighted by Gasteiger charge is 2.30. The molecule has 144 valence electrons. The molecule has 1 aliphatic rings. The number of aromatic nitrogens is 2. The minimum atomic E-state index is -0.356. The summed E-state index contributed by atoms with van der Waals surface area (Å²) >= 11 is 0. The largest absolute Gasteiger partial charge is 0.336 e. The zero-order valence-corrected chi connectivity index (χ0v) is 16.3. The molecule has 4 heteroatoms. The summed E-state index contributed by atoms with van der Waals surface area (Å²) in [5.74, 6) is -0.358. The first-order valence-electron chi connectivity index (χ1n) is 10.0. The highest BCUT2D eigenvalue weighted by Crippen LogP contribution is 2.32. The predicted octanol–water partition coefficient (Wildman–Crippen LogP) is 5.05. The van der Waals surface area contributed by atoms with E-state index in [9.17, 15) is 9.18 Å². The van der Waals surface area contributed by atoms with Crippen molar-refractivity contribution in [2.75, 3.05) is 0 Å². The number of aryl methyl sites for hydroxylation is 1. The number of hydrogen-bond donors (Lipinski definition) is 0. The molecule has 29 heavy (non-hydrogen) atoms. The number of hydrogen-bond acceptors (Lipinski definition) is 1. The van der Waals surface area contributed by atoms with E-state index < -0.39 is 0 Å². The summed E-state index contributed by atoms with van der Waals surface area (Å²) < 4.78 is 17.9. The third-order valence-electron chi connectivity index (χ3n) is 6.07. The van der Waals surface area contributed by atoms with E-state index in [0.29, 0.717) is 5.56 Å². The molecule has 0 N–H and O–H groups in total. The fourth-order valence-corrected chi connectivity index (χ4v) is 4.41. The Balaban J connectivity index is 1.50. The Morgan fingerprint density at radius 2 is 1.93 bits per heavy atom. The summed E-state index contributed by atoms with van der Waals surface area (Å²) in [7, 11) is 0. The summed E-state index contributed by atoms with van der Waals surface area (Å²) in [5, 5.41) is 1.09. The summed E-state index contributed by atoms with van der Waals surface area (Å²) in [6, 6.07) is 19.0. The second-order valence-electron chi connectivity index (χ2n) is 7.76. The number of fused-ring (bicyclic) bond motifs is 2. The quantitative estimate of drug-likeness (QED) is 0.453. The summed E-state index contributed by atoms with van der Waals surface area (Å²) in [5.41, 5.74) is 3.74. The number of rotatable bonds is 3. The SMILES string of the molecule is CC(c1ccccc1)[n+]1ccc2c(ccn2C2CCc3ccc(F)cc3C2=O)c1.